The molecule has 1 saturated carbocycles. The smallest absolute Gasteiger partial charge is 0.309 e. The van der Waals surface area contributed by atoms with Crippen LogP contribution in [0.3, 0.4) is 0 Å². The Morgan fingerprint density at radius 3 is 2.25 bits per heavy atom. The fraction of sp³-hybridized carbons (Fsp3) is 0.857. The second-order valence-corrected chi connectivity index (χ2v) is 2.93. The Morgan fingerprint density at radius 2 is 1.75 bits per heavy atom. The largest absolute Gasteiger partial charge is 0.481 e. The summed E-state index contributed by atoms with van der Waals surface area (Å²) in [6.07, 6.45) is -6.67. The van der Waals surface area contributed by atoms with Gasteiger partial charge in [0.15, 0.2) is 6.17 Å². The molecule has 2 nitrogen and oxygen atoms in total. The highest BCUT2D eigenvalue weighted by atomic mass is 19.2. The fourth-order valence-corrected chi connectivity index (χ4v) is 1.34. The van der Waals surface area contributed by atoms with E-state index in [1.807, 2.05) is 0 Å². The van der Waals surface area contributed by atoms with Crippen molar-refractivity contribution in [3.05, 3.63) is 0 Å². The van der Waals surface area contributed by atoms with Crippen molar-refractivity contribution in [3.63, 3.8) is 0 Å². The first kappa shape index (κ1) is 9.35. The summed E-state index contributed by atoms with van der Waals surface area (Å²) in [5.74, 6) is -2.77. The number of hydrogen-bond donors (Lipinski definition) is 1. The molecule has 1 rings (SSSR count). The number of aliphatic carboxylic acids is 1. The number of carboxylic acids is 1. The molecule has 0 spiro atoms. The summed E-state index contributed by atoms with van der Waals surface area (Å²) in [7, 11) is 0. The van der Waals surface area contributed by atoms with E-state index in [2.05, 4.69) is 0 Å². The van der Waals surface area contributed by atoms with Crippen molar-refractivity contribution in [3.8, 4) is 0 Å². The minimum Gasteiger partial charge on any atom is -0.481 e. The van der Waals surface area contributed by atoms with Gasteiger partial charge in [-0.3, -0.25) is 4.79 Å². The number of halogens is 3. The van der Waals surface area contributed by atoms with E-state index in [4.69, 9.17) is 5.11 Å². The molecular weight excluding hydrogens is 173 g/mol. The molecule has 0 radical (unpaired) electrons. The zero-order valence-corrected chi connectivity index (χ0v) is 6.21. The molecule has 0 heterocycles. The predicted octanol–water partition coefficient (Wildman–Crippen LogP) is 1.50. The molecule has 0 saturated heterocycles. The van der Waals surface area contributed by atoms with E-state index >= 15 is 0 Å². The highest BCUT2D eigenvalue weighted by Gasteiger charge is 2.43. The summed E-state index contributed by atoms with van der Waals surface area (Å²) in [5.41, 5.74) is 0. The van der Waals surface area contributed by atoms with Crippen molar-refractivity contribution in [2.45, 2.75) is 31.4 Å². The van der Waals surface area contributed by atoms with Crippen LogP contribution in [-0.4, -0.2) is 29.6 Å². The van der Waals surface area contributed by atoms with E-state index in [1.54, 1.807) is 0 Å². The number of carboxylic acid groups (broad SMARTS) is 1. The topological polar surface area (TPSA) is 37.3 Å². The summed E-state index contributed by atoms with van der Waals surface area (Å²) < 4.78 is 37.8. The van der Waals surface area contributed by atoms with Crippen LogP contribution in [0.25, 0.3) is 0 Å². The highest BCUT2D eigenvalue weighted by Crippen LogP contribution is 2.31. The molecule has 1 N–H and O–H groups in total. The third-order valence-electron chi connectivity index (χ3n) is 2.10. The lowest BCUT2D eigenvalue weighted by Crippen LogP contribution is -2.42. The van der Waals surface area contributed by atoms with Crippen molar-refractivity contribution < 1.29 is 23.1 Å². The van der Waals surface area contributed by atoms with Gasteiger partial charge in [0.05, 0.1) is 5.92 Å². The monoisotopic (exact) mass is 182 g/mol. The van der Waals surface area contributed by atoms with E-state index in [-0.39, 0.29) is 12.8 Å². The lowest BCUT2D eigenvalue weighted by Gasteiger charge is -2.28. The van der Waals surface area contributed by atoms with Crippen molar-refractivity contribution >= 4 is 5.97 Å². The fourth-order valence-electron chi connectivity index (χ4n) is 1.34. The van der Waals surface area contributed by atoms with Gasteiger partial charge in [0.2, 0.25) is 0 Å². The molecule has 4 unspecified atom stereocenters. The Kier molecular flexibility index (Phi) is 2.59. The van der Waals surface area contributed by atoms with Gasteiger partial charge in [0.1, 0.15) is 12.3 Å². The molecule has 1 aliphatic carbocycles. The van der Waals surface area contributed by atoms with Gasteiger partial charge in [0.25, 0.3) is 0 Å². The van der Waals surface area contributed by atoms with Crippen LogP contribution in [0.4, 0.5) is 13.2 Å². The standard InChI is InChI=1S/C7H9F3O2/c8-4-2-1-3(7(11)12)5(9)6(4)10/h3-6H,1-2H2,(H,11,12). The van der Waals surface area contributed by atoms with Crippen molar-refractivity contribution in [2.75, 3.05) is 0 Å². The second-order valence-electron chi connectivity index (χ2n) is 2.93. The first-order valence-electron chi connectivity index (χ1n) is 3.69. The second kappa shape index (κ2) is 3.33. The maximum absolute atomic E-state index is 12.7. The third kappa shape index (κ3) is 1.54. The van der Waals surface area contributed by atoms with Crippen LogP contribution in [0, 0.1) is 5.92 Å². The first-order chi connectivity index (χ1) is 5.54. The van der Waals surface area contributed by atoms with Gasteiger partial charge in [-0.2, -0.15) is 0 Å². The van der Waals surface area contributed by atoms with Gasteiger partial charge >= 0.3 is 5.97 Å². The van der Waals surface area contributed by atoms with Crippen LogP contribution in [0.15, 0.2) is 0 Å². The Labute approximate surface area is 67.4 Å². The van der Waals surface area contributed by atoms with Gasteiger partial charge in [-0.25, -0.2) is 13.2 Å². The summed E-state index contributed by atoms with van der Waals surface area (Å²) in [4.78, 5) is 10.3. The molecular formula is C7H9F3O2. The van der Waals surface area contributed by atoms with Gasteiger partial charge in [0, 0.05) is 0 Å². The third-order valence-corrected chi connectivity index (χ3v) is 2.10. The van der Waals surface area contributed by atoms with E-state index in [0.717, 1.165) is 0 Å². The number of alkyl halides is 3. The van der Waals surface area contributed by atoms with Crippen molar-refractivity contribution in [1.29, 1.82) is 0 Å². The maximum atomic E-state index is 12.7. The van der Waals surface area contributed by atoms with Crippen LogP contribution >= 0.6 is 0 Å². The minimum absolute atomic E-state index is 0.127. The van der Waals surface area contributed by atoms with Crippen LogP contribution in [0.5, 0.6) is 0 Å². The number of hydrogen-bond acceptors (Lipinski definition) is 1. The predicted molar refractivity (Wildman–Crippen MR) is 35.0 cm³/mol. The normalized spacial score (nSPS) is 42.6. The molecule has 1 aliphatic rings. The van der Waals surface area contributed by atoms with E-state index in [1.165, 1.54) is 0 Å². The van der Waals surface area contributed by atoms with Crippen LogP contribution < -0.4 is 0 Å². The molecule has 12 heavy (non-hydrogen) atoms. The van der Waals surface area contributed by atoms with Gasteiger partial charge in [-0.05, 0) is 12.8 Å². The maximum Gasteiger partial charge on any atom is 0.309 e. The summed E-state index contributed by atoms with van der Waals surface area (Å²) in [6, 6.07) is 0. The van der Waals surface area contributed by atoms with E-state index in [9.17, 15) is 18.0 Å². The van der Waals surface area contributed by atoms with Gasteiger partial charge in [-0.1, -0.05) is 0 Å². The van der Waals surface area contributed by atoms with Gasteiger partial charge < -0.3 is 5.11 Å². The van der Waals surface area contributed by atoms with E-state index in [0.29, 0.717) is 0 Å². The molecule has 70 valence electrons. The Morgan fingerprint density at radius 1 is 1.17 bits per heavy atom. The highest BCUT2D eigenvalue weighted by molar-refractivity contribution is 5.71. The molecule has 0 aromatic rings. The quantitative estimate of drug-likeness (QED) is 0.667. The molecule has 4 atom stereocenters. The first-order valence-corrected chi connectivity index (χ1v) is 3.69. The Hall–Kier alpha value is -0.740. The average Bonchev–Trinajstić information content (AvgIpc) is 2.00. The van der Waals surface area contributed by atoms with Crippen LogP contribution in [0.2, 0.25) is 0 Å². The van der Waals surface area contributed by atoms with E-state index < -0.39 is 30.4 Å². The summed E-state index contributed by atoms with van der Waals surface area (Å²) in [5, 5.41) is 8.38. The Bertz CT molecular complexity index is 185. The molecule has 5 heteroatoms. The van der Waals surface area contributed by atoms with Crippen LogP contribution in [0.1, 0.15) is 12.8 Å². The zero-order chi connectivity index (χ0) is 9.30. The lowest BCUT2D eigenvalue weighted by molar-refractivity contribution is -0.148. The summed E-state index contributed by atoms with van der Waals surface area (Å²) >= 11 is 0. The summed E-state index contributed by atoms with van der Waals surface area (Å²) in [6.45, 7) is 0. The average molecular weight is 182 g/mol. The number of rotatable bonds is 1. The number of carbonyl (C=O) groups is 1. The molecule has 1 fully saturated rings. The SMILES string of the molecule is O=C(O)C1CCC(F)C(F)C1F. The molecule has 0 aromatic heterocycles. The zero-order valence-electron chi connectivity index (χ0n) is 6.21. The minimum atomic E-state index is -2.28. The van der Waals surface area contributed by atoms with Crippen molar-refractivity contribution in [2.24, 2.45) is 5.92 Å². The van der Waals surface area contributed by atoms with Crippen LogP contribution in [-0.2, 0) is 4.79 Å². The molecule has 0 amide bonds. The lowest BCUT2D eigenvalue weighted by atomic mass is 9.85. The van der Waals surface area contributed by atoms with Gasteiger partial charge in [-0.15, -0.1) is 0 Å². The Balaban J connectivity index is 2.65. The molecule has 0 aromatic carbocycles. The molecule has 0 bridgehead atoms. The van der Waals surface area contributed by atoms with Crippen molar-refractivity contribution in [1.82, 2.24) is 0 Å². The molecule has 0 aliphatic heterocycles.